The first kappa shape index (κ1) is 37.8. The molecule has 15 nitrogen and oxygen atoms in total. The van der Waals surface area contributed by atoms with Crippen molar-refractivity contribution in [3.63, 3.8) is 0 Å². The Morgan fingerprint density at radius 2 is 1.76 bits per heavy atom. The van der Waals surface area contributed by atoms with Gasteiger partial charge in [-0.15, -0.1) is 0 Å². The van der Waals surface area contributed by atoms with E-state index in [1.54, 1.807) is 36.4 Å². The maximum Gasteiger partial charge on any atom is 0.247 e. The molecule has 15 heteroatoms. The zero-order chi connectivity index (χ0) is 35.9. The van der Waals surface area contributed by atoms with Gasteiger partial charge in [-0.25, -0.2) is 0 Å². The van der Waals surface area contributed by atoms with Crippen molar-refractivity contribution in [2.75, 3.05) is 39.4 Å². The van der Waals surface area contributed by atoms with Crippen LogP contribution in [0.2, 0.25) is 0 Å². The number of nitrogens with one attached hydrogen (secondary N) is 5. The number of amides is 6. The summed E-state index contributed by atoms with van der Waals surface area (Å²) in [4.78, 5) is 80.7. The third-order valence-electron chi connectivity index (χ3n) is 8.65. The lowest BCUT2D eigenvalue weighted by Crippen LogP contribution is -2.53. The van der Waals surface area contributed by atoms with Gasteiger partial charge in [0.25, 0.3) is 0 Å². The Labute approximate surface area is 291 Å². The molecular weight excluding hydrogens is 646 g/mol. The zero-order valence-electron chi connectivity index (χ0n) is 28.3. The van der Waals surface area contributed by atoms with Crippen LogP contribution in [0.5, 0.6) is 0 Å². The number of nitrogens with zero attached hydrogens (tertiary/aromatic N) is 1. The van der Waals surface area contributed by atoms with Gasteiger partial charge in [-0.1, -0.05) is 24.3 Å². The highest BCUT2D eigenvalue weighted by atomic mass is 16.5. The van der Waals surface area contributed by atoms with Crippen LogP contribution in [0.4, 0.5) is 0 Å². The van der Waals surface area contributed by atoms with E-state index in [0.29, 0.717) is 42.9 Å². The summed E-state index contributed by atoms with van der Waals surface area (Å²) in [7, 11) is 0. The molecule has 7 N–H and O–H groups in total. The molecule has 0 unspecified atom stereocenters. The molecule has 1 aromatic carbocycles. The summed E-state index contributed by atoms with van der Waals surface area (Å²) >= 11 is 0. The number of carbonyl (C=O) groups excluding carboxylic acids is 6. The van der Waals surface area contributed by atoms with Crippen molar-refractivity contribution in [1.29, 1.82) is 0 Å². The van der Waals surface area contributed by atoms with Gasteiger partial charge in [-0.05, 0) is 49.4 Å². The number of benzene rings is 1. The molecule has 4 atom stereocenters. The molecule has 6 amide bonds. The molecule has 1 fully saturated rings. The lowest BCUT2D eigenvalue weighted by Gasteiger charge is -2.37. The first-order valence-corrected chi connectivity index (χ1v) is 16.9. The molecule has 1 saturated heterocycles. The highest BCUT2D eigenvalue weighted by Crippen LogP contribution is 2.23. The van der Waals surface area contributed by atoms with Gasteiger partial charge in [0.05, 0.1) is 31.8 Å². The fraction of sp³-hybridized carbons (Fsp3) is 0.486. The standard InChI is InChI=1S/C35H47N7O8/c1-23-8-9-26-22-42(23)32(45)11-10-30(43)37-14-12-28(34(47)38-15-18-49-17-13-36)40-31(44)19-24-5-2-3-6-25(24)21-39-35(48)29(41-33(26)46)20-27-7-4-16-50-27/h2-7,10-11,16,23,26,28-29H,8-9,12-15,17-22,36H2,1H3,(H,37,43)(H,38,47)(H,39,48)(H,40,44)(H,41,46)/b11-10+/t23-,26+,28-,29-/m0/s1. The van der Waals surface area contributed by atoms with Gasteiger partial charge in [0.2, 0.25) is 35.4 Å². The second-order valence-corrected chi connectivity index (χ2v) is 12.3. The summed E-state index contributed by atoms with van der Waals surface area (Å²) < 4.78 is 10.8. The van der Waals surface area contributed by atoms with E-state index in [1.807, 2.05) is 6.92 Å². The van der Waals surface area contributed by atoms with Crippen molar-refractivity contribution in [1.82, 2.24) is 31.5 Å². The fourth-order valence-corrected chi connectivity index (χ4v) is 5.85. The number of nitrogens with two attached hydrogens (primary N) is 1. The predicted octanol–water partition coefficient (Wildman–Crippen LogP) is -0.555. The third kappa shape index (κ3) is 11.6. The lowest BCUT2D eigenvalue weighted by molar-refractivity contribution is -0.137. The Morgan fingerprint density at radius 1 is 0.960 bits per heavy atom. The van der Waals surface area contributed by atoms with Crippen LogP contribution in [-0.2, 0) is 52.9 Å². The van der Waals surface area contributed by atoms with Crippen molar-refractivity contribution < 1.29 is 37.9 Å². The molecule has 2 bridgehead atoms. The smallest absolute Gasteiger partial charge is 0.247 e. The Balaban J connectivity index is 1.56. The molecule has 0 saturated carbocycles. The normalized spacial score (nSPS) is 23.6. The van der Waals surface area contributed by atoms with E-state index in [-0.39, 0.29) is 64.0 Å². The number of hydrogen-bond acceptors (Lipinski definition) is 9. The quantitative estimate of drug-likeness (QED) is 0.195. The molecule has 0 radical (unpaired) electrons. The predicted molar refractivity (Wildman–Crippen MR) is 182 cm³/mol. The molecular formula is C35H47N7O8. The van der Waals surface area contributed by atoms with E-state index in [9.17, 15) is 28.8 Å². The molecule has 1 aromatic heterocycles. The first-order valence-electron chi connectivity index (χ1n) is 16.9. The van der Waals surface area contributed by atoms with Crippen LogP contribution in [0.25, 0.3) is 0 Å². The van der Waals surface area contributed by atoms with Crippen LogP contribution in [-0.4, -0.2) is 97.9 Å². The average molecular weight is 694 g/mol. The fourth-order valence-electron chi connectivity index (χ4n) is 5.85. The Morgan fingerprint density at radius 3 is 2.52 bits per heavy atom. The molecule has 50 heavy (non-hydrogen) atoms. The largest absolute Gasteiger partial charge is 0.469 e. The molecule has 0 spiro atoms. The molecule has 2 aromatic rings. The van der Waals surface area contributed by atoms with Crippen molar-refractivity contribution in [2.24, 2.45) is 11.7 Å². The second kappa shape index (κ2) is 19.2. The van der Waals surface area contributed by atoms with E-state index < -0.39 is 47.5 Å². The summed E-state index contributed by atoms with van der Waals surface area (Å²) in [6, 6.07) is 8.37. The molecule has 3 heterocycles. The maximum absolute atomic E-state index is 13.6. The van der Waals surface area contributed by atoms with E-state index in [2.05, 4.69) is 26.6 Å². The SMILES string of the molecule is C[C@H]1CC[C@@H]2CN1C(=O)/C=C/C(=O)NCC[C@@H](C(=O)NCCOCCN)NC(=O)Cc1ccccc1CNC(=O)[C@H](Cc1ccco1)NC2=O. The Bertz CT molecular complexity index is 1510. The van der Waals surface area contributed by atoms with Crippen LogP contribution < -0.4 is 32.3 Å². The van der Waals surface area contributed by atoms with E-state index in [0.717, 1.165) is 12.2 Å². The Hall–Kier alpha value is -5.02. The summed E-state index contributed by atoms with van der Waals surface area (Å²) in [5.41, 5.74) is 6.74. The number of hydrogen-bond donors (Lipinski definition) is 6. The van der Waals surface area contributed by atoms with Crippen molar-refractivity contribution >= 4 is 35.4 Å². The van der Waals surface area contributed by atoms with Crippen LogP contribution in [0.1, 0.15) is 43.1 Å². The highest BCUT2D eigenvalue weighted by molar-refractivity contribution is 5.97. The van der Waals surface area contributed by atoms with Crippen molar-refractivity contribution in [3.05, 3.63) is 71.7 Å². The molecule has 270 valence electrons. The third-order valence-corrected chi connectivity index (χ3v) is 8.65. The number of rotatable bonds is 8. The number of piperidine rings is 1. The minimum atomic E-state index is -0.982. The number of ether oxygens (including phenoxy) is 1. The van der Waals surface area contributed by atoms with Crippen LogP contribution in [0, 0.1) is 5.92 Å². The molecule has 2 aliphatic rings. The monoisotopic (exact) mass is 693 g/mol. The maximum atomic E-state index is 13.6. The summed E-state index contributed by atoms with van der Waals surface area (Å²) in [5.74, 6) is -2.78. The van der Waals surface area contributed by atoms with E-state index in [1.165, 1.54) is 11.2 Å². The number of carbonyl (C=O) groups is 6. The molecule has 0 aliphatic carbocycles. The van der Waals surface area contributed by atoms with E-state index >= 15 is 0 Å². The highest BCUT2D eigenvalue weighted by Gasteiger charge is 2.34. The van der Waals surface area contributed by atoms with Crippen LogP contribution in [0.3, 0.4) is 0 Å². The van der Waals surface area contributed by atoms with Gasteiger partial charge < -0.3 is 46.4 Å². The van der Waals surface area contributed by atoms with Gasteiger partial charge in [0.15, 0.2) is 0 Å². The van der Waals surface area contributed by atoms with Gasteiger partial charge in [0, 0.05) is 57.3 Å². The topological polar surface area (TPSA) is 214 Å². The zero-order valence-corrected chi connectivity index (χ0v) is 28.3. The number of fused-ring (bicyclic) bond motifs is 3. The van der Waals surface area contributed by atoms with Gasteiger partial charge in [-0.2, -0.15) is 0 Å². The lowest BCUT2D eigenvalue weighted by atomic mass is 9.92. The molecule has 4 rings (SSSR count). The van der Waals surface area contributed by atoms with Crippen LogP contribution >= 0.6 is 0 Å². The minimum absolute atomic E-state index is 0.0313. The van der Waals surface area contributed by atoms with Crippen molar-refractivity contribution in [3.8, 4) is 0 Å². The van der Waals surface area contributed by atoms with Crippen LogP contribution in [0.15, 0.2) is 59.2 Å². The Kier molecular flexibility index (Phi) is 14.5. The van der Waals surface area contributed by atoms with Gasteiger partial charge in [0.1, 0.15) is 17.8 Å². The second-order valence-electron chi connectivity index (χ2n) is 12.3. The first-order chi connectivity index (χ1) is 24.1. The van der Waals surface area contributed by atoms with Gasteiger partial charge in [-0.3, -0.25) is 28.8 Å². The summed E-state index contributed by atoms with van der Waals surface area (Å²) in [6.45, 7) is 3.21. The average Bonchev–Trinajstić information content (AvgIpc) is 3.62. The van der Waals surface area contributed by atoms with E-state index in [4.69, 9.17) is 14.9 Å². The number of furan rings is 1. The van der Waals surface area contributed by atoms with Crippen molar-refractivity contribution in [2.45, 2.75) is 63.7 Å². The minimum Gasteiger partial charge on any atom is -0.469 e. The van der Waals surface area contributed by atoms with Gasteiger partial charge >= 0.3 is 0 Å². The summed E-state index contributed by atoms with van der Waals surface area (Å²) in [5, 5.41) is 13.9. The summed E-state index contributed by atoms with van der Waals surface area (Å²) in [6.07, 6.45) is 4.90. The molecule has 2 aliphatic heterocycles.